The second-order valence-corrected chi connectivity index (χ2v) is 7.93. The molecule has 0 spiro atoms. The molecular weight excluding hydrogens is 394 g/mol. The smallest absolute Gasteiger partial charge is 0.236 e. The van der Waals surface area contributed by atoms with Crippen LogP contribution in [0.2, 0.25) is 0 Å². The number of hydrogen-bond donors (Lipinski definition) is 2. The summed E-state index contributed by atoms with van der Waals surface area (Å²) in [5.74, 6) is 6.75. The molecule has 0 radical (unpaired) electrons. The summed E-state index contributed by atoms with van der Waals surface area (Å²) in [6.45, 7) is 0. The monoisotopic (exact) mass is 411 g/mol. The molecule has 3 heterocycles. The number of pyridine rings is 1. The van der Waals surface area contributed by atoms with Crippen molar-refractivity contribution in [2.45, 2.75) is 18.0 Å². The number of para-hydroxylation sites is 1. The van der Waals surface area contributed by atoms with Gasteiger partial charge in [-0.1, -0.05) is 41.3 Å². The third kappa shape index (κ3) is 4.29. The Bertz CT molecular complexity index is 1060. The fraction of sp³-hybridized carbons (Fsp3) is 0.167. The van der Waals surface area contributed by atoms with E-state index in [1.165, 1.54) is 27.8 Å². The van der Waals surface area contributed by atoms with E-state index in [-0.39, 0.29) is 11.7 Å². The number of fused-ring (bicyclic) bond motifs is 1. The molecule has 0 aliphatic carbocycles. The number of nitrogens with zero attached hydrogens (tertiary/aromatic N) is 5. The van der Waals surface area contributed by atoms with Crippen molar-refractivity contribution in [2.75, 3.05) is 16.9 Å². The van der Waals surface area contributed by atoms with E-state index in [1.807, 2.05) is 42.6 Å². The molecule has 0 fully saturated rings. The SMILES string of the molecule is Nn1c(CCc2cccnc2)nnc1SCC(=O)Nc1nc2ccccc2s1. The highest BCUT2D eigenvalue weighted by Crippen LogP contribution is 2.25. The summed E-state index contributed by atoms with van der Waals surface area (Å²) < 4.78 is 2.47. The highest BCUT2D eigenvalue weighted by molar-refractivity contribution is 7.99. The Morgan fingerprint density at radius 3 is 2.89 bits per heavy atom. The van der Waals surface area contributed by atoms with Crippen LogP contribution >= 0.6 is 23.1 Å². The zero-order chi connectivity index (χ0) is 19.3. The van der Waals surface area contributed by atoms with Gasteiger partial charge in [0.25, 0.3) is 0 Å². The van der Waals surface area contributed by atoms with Gasteiger partial charge in [-0.2, -0.15) is 0 Å². The molecule has 3 aromatic heterocycles. The second-order valence-electron chi connectivity index (χ2n) is 5.95. The van der Waals surface area contributed by atoms with Gasteiger partial charge in [0.2, 0.25) is 11.1 Å². The van der Waals surface area contributed by atoms with Gasteiger partial charge >= 0.3 is 0 Å². The average molecular weight is 412 g/mol. The molecule has 4 aromatic rings. The molecule has 0 saturated carbocycles. The molecule has 28 heavy (non-hydrogen) atoms. The maximum atomic E-state index is 12.2. The lowest BCUT2D eigenvalue weighted by atomic mass is 10.1. The van der Waals surface area contributed by atoms with Gasteiger partial charge in [-0.15, -0.1) is 10.2 Å². The Morgan fingerprint density at radius 1 is 1.18 bits per heavy atom. The first kappa shape index (κ1) is 18.4. The summed E-state index contributed by atoms with van der Waals surface area (Å²) in [6, 6.07) is 11.7. The van der Waals surface area contributed by atoms with Crippen molar-refractivity contribution < 1.29 is 4.79 Å². The number of nitrogens with one attached hydrogen (secondary N) is 1. The molecule has 0 atom stereocenters. The fourth-order valence-corrected chi connectivity index (χ4v) is 4.15. The maximum absolute atomic E-state index is 12.2. The van der Waals surface area contributed by atoms with E-state index in [0.29, 0.717) is 22.5 Å². The number of nitrogen functional groups attached to an aromatic ring is 1. The zero-order valence-corrected chi connectivity index (χ0v) is 16.4. The Hall–Kier alpha value is -2.98. The second kappa shape index (κ2) is 8.36. The topological polar surface area (TPSA) is 112 Å². The Labute approximate surface area is 169 Å². The number of benzene rings is 1. The number of nitrogens with two attached hydrogens (primary N) is 1. The van der Waals surface area contributed by atoms with Gasteiger partial charge in [0.15, 0.2) is 11.0 Å². The summed E-state index contributed by atoms with van der Waals surface area (Å²) in [7, 11) is 0. The van der Waals surface area contributed by atoms with Crippen molar-refractivity contribution in [1.82, 2.24) is 24.8 Å². The molecule has 0 bridgehead atoms. The van der Waals surface area contributed by atoms with Crippen molar-refractivity contribution in [3.63, 3.8) is 0 Å². The molecule has 0 aliphatic heterocycles. The summed E-state index contributed by atoms with van der Waals surface area (Å²) in [5, 5.41) is 12.1. The summed E-state index contributed by atoms with van der Waals surface area (Å²) in [5.41, 5.74) is 1.98. The quantitative estimate of drug-likeness (QED) is 0.355. The van der Waals surface area contributed by atoms with Crippen LogP contribution in [0, 0.1) is 0 Å². The van der Waals surface area contributed by atoms with E-state index in [2.05, 4.69) is 25.5 Å². The van der Waals surface area contributed by atoms with E-state index in [0.717, 1.165) is 22.2 Å². The van der Waals surface area contributed by atoms with Crippen LogP contribution in [0.5, 0.6) is 0 Å². The van der Waals surface area contributed by atoms with Gasteiger partial charge in [-0.3, -0.25) is 9.78 Å². The lowest BCUT2D eigenvalue weighted by molar-refractivity contribution is -0.113. The first-order valence-electron chi connectivity index (χ1n) is 8.55. The van der Waals surface area contributed by atoms with Crippen LogP contribution in [0.25, 0.3) is 10.2 Å². The molecule has 4 rings (SSSR count). The Balaban J connectivity index is 1.31. The number of carbonyl (C=O) groups excluding carboxylic acids is 1. The number of rotatable bonds is 7. The molecule has 0 saturated heterocycles. The predicted octanol–water partition coefficient (Wildman–Crippen LogP) is 2.51. The van der Waals surface area contributed by atoms with E-state index >= 15 is 0 Å². The Morgan fingerprint density at radius 2 is 2.07 bits per heavy atom. The highest BCUT2D eigenvalue weighted by Gasteiger charge is 2.13. The fourth-order valence-electron chi connectivity index (χ4n) is 2.59. The van der Waals surface area contributed by atoms with Crippen LogP contribution in [0.3, 0.4) is 0 Å². The van der Waals surface area contributed by atoms with Crippen molar-refractivity contribution in [1.29, 1.82) is 0 Å². The first-order chi connectivity index (χ1) is 13.7. The van der Waals surface area contributed by atoms with E-state index < -0.39 is 0 Å². The number of amides is 1. The van der Waals surface area contributed by atoms with Gasteiger partial charge in [0, 0.05) is 18.8 Å². The van der Waals surface area contributed by atoms with Gasteiger partial charge < -0.3 is 11.2 Å². The molecule has 0 unspecified atom stereocenters. The maximum Gasteiger partial charge on any atom is 0.236 e. The first-order valence-corrected chi connectivity index (χ1v) is 10.4. The van der Waals surface area contributed by atoms with Crippen molar-refractivity contribution in [2.24, 2.45) is 0 Å². The average Bonchev–Trinajstić information content (AvgIpc) is 3.28. The molecule has 1 amide bonds. The summed E-state index contributed by atoms with van der Waals surface area (Å²) in [4.78, 5) is 20.7. The number of carbonyl (C=O) groups is 1. The molecule has 10 heteroatoms. The minimum atomic E-state index is -0.163. The van der Waals surface area contributed by atoms with Gasteiger partial charge in [0.1, 0.15) is 0 Å². The van der Waals surface area contributed by atoms with Crippen molar-refractivity contribution in [3.8, 4) is 0 Å². The molecule has 3 N–H and O–H groups in total. The minimum absolute atomic E-state index is 0.163. The summed E-state index contributed by atoms with van der Waals surface area (Å²) in [6.07, 6.45) is 4.97. The molecule has 142 valence electrons. The number of aromatic nitrogens is 5. The van der Waals surface area contributed by atoms with E-state index in [4.69, 9.17) is 5.84 Å². The lowest BCUT2D eigenvalue weighted by Crippen LogP contribution is -2.17. The normalized spacial score (nSPS) is 11.0. The van der Waals surface area contributed by atoms with Gasteiger partial charge in [0.05, 0.1) is 16.0 Å². The van der Waals surface area contributed by atoms with E-state index in [1.54, 1.807) is 6.20 Å². The van der Waals surface area contributed by atoms with Crippen molar-refractivity contribution in [3.05, 3.63) is 60.2 Å². The molecule has 8 nitrogen and oxygen atoms in total. The van der Waals surface area contributed by atoms with Gasteiger partial charge in [-0.05, 0) is 30.2 Å². The van der Waals surface area contributed by atoms with Crippen molar-refractivity contribution >= 4 is 44.4 Å². The van der Waals surface area contributed by atoms with Crippen LogP contribution in [0.15, 0.2) is 53.9 Å². The Kier molecular flexibility index (Phi) is 5.49. The van der Waals surface area contributed by atoms with Gasteiger partial charge in [-0.25, -0.2) is 9.66 Å². The largest absolute Gasteiger partial charge is 0.336 e. The van der Waals surface area contributed by atoms with E-state index in [9.17, 15) is 4.79 Å². The lowest BCUT2D eigenvalue weighted by Gasteiger charge is -2.04. The minimum Gasteiger partial charge on any atom is -0.336 e. The molecule has 0 aliphatic rings. The number of thioether (sulfide) groups is 1. The van der Waals surface area contributed by atoms with Crippen LogP contribution in [0.1, 0.15) is 11.4 Å². The highest BCUT2D eigenvalue weighted by atomic mass is 32.2. The molecular formula is C18H17N7OS2. The zero-order valence-electron chi connectivity index (χ0n) is 14.8. The molecule has 1 aromatic carbocycles. The number of thiazole rings is 1. The van der Waals surface area contributed by atoms with Crippen LogP contribution < -0.4 is 11.2 Å². The van der Waals surface area contributed by atoms with Crippen LogP contribution in [-0.2, 0) is 17.6 Å². The van der Waals surface area contributed by atoms with Crippen LogP contribution in [-0.4, -0.2) is 36.5 Å². The predicted molar refractivity (Wildman–Crippen MR) is 111 cm³/mol. The number of anilines is 1. The van der Waals surface area contributed by atoms with Crippen LogP contribution in [0.4, 0.5) is 5.13 Å². The third-order valence-corrected chi connectivity index (χ3v) is 5.86. The number of aryl methyl sites for hydroxylation is 2. The summed E-state index contributed by atoms with van der Waals surface area (Å²) >= 11 is 2.68. The third-order valence-electron chi connectivity index (χ3n) is 3.97. The standard InChI is InChI=1S/C18H17N7OS2/c19-25-15(8-7-12-4-3-9-20-10-12)23-24-18(25)27-11-16(26)22-17-21-13-5-1-2-6-14(13)28-17/h1-6,9-10H,7-8,11,19H2,(H,21,22,26). The number of hydrogen-bond acceptors (Lipinski definition) is 8.